The lowest BCUT2D eigenvalue weighted by Crippen LogP contribution is -2.29. The number of hydrogen-bond donors (Lipinski definition) is 1. The Morgan fingerprint density at radius 1 is 1.10 bits per heavy atom. The molecule has 158 valence electrons. The van der Waals surface area contributed by atoms with Crippen molar-refractivity contribution >= 4 is 28.3 Å². The smallest absolute Gasteiger partial charge is 0.226 e. The van der Waals surface area contributed by atoms with Gasteiger partial charge in [0.1, 0.15) is 17.5 Å². The number of carbonyl (C=O) groups is 1. The molecule has 0 atom stereocenters. The van der Waals surface area contributed by atoms with Gasteiger partial charge in [-0.1, -0.05) is 37.6 Å². The number of unbranched alkanes of at least 4 members (excludes halogenated alkanes) is 1. The molecule has 1 N–H and O–H groups in total. The first-order chi connectivity index (χ1) is 14.5. The molecule has 0 saturated heterocycles. The molecular weight excluding hydrogens is 406 g/mol. The molecule has 1 aromatic heterocycles. The Hall–Kier alpha value is -2.87. The summed E-state index contributed by atoms with van der Waals surface area (Å²) in [6.45, 7) is 3.32. The molecule has 0 unspecified atom stereocenters. The number of para-hydroxylation sites is 1. The van der Waals surface area contributed by atoms with Gasteiger partial charge in [0.2, 0.25) is 11.0 Å². The molecule has 0 spiro atoms. The normalized spacial score (nSPS) is 10.8. The third-order valence-corrected chi connectivity index (χ3v) is 5.36. The number of nitrogens with one attached hydrogen (secondary N) is 1. The summed E-state index contributed by atoms with van der Waals surface area (Å²) < 4.78 is 31.2. The van der Waals surface area contributed by atoms with Gasteiger partial charge in [-0.2, -0.15) is 4.37 Å². The van der Waals surface area contributed by atoms with Crippen molar-refractivity contribution < 1.29 is 13.6 Å². The number of nitrogens with zero attached hydrogens (tertiary/aromatic N) is 3. The zero-order chi connectivity index (χ0) is 21.3. The number of amides is 1. The quantitative estimate of drug-likeness (QED) is 0.489. The molecule has 0 fully saturated rings. The van der Waals surface area contributed by atoms with Crippen LogP contribution in [-0.2, 0) is 11.2 Å². The maximum absolute atomic E-state index is 13.7. The van der Waals surface area contributed by atoms with Crippen LogP contribution < -0.4 is 10.2 Å². The Morgan fingerprint density at radius 3 is 2.60 bits per heavy atom. The van der Waals surface area contributed by atoms with Crippen molar-refractivity contribution in [3.8, 4) is 0 Å². The van der Waals surface area contributed by atoms with Crippen LogP contribution in [-0.4, -0.2) is 28.4 Å². The van der Waals surface area contributed by atoms with Gasteiger partial charge in [0.05, 0.1) is 5.69 Å². The number of hydrogen-bond acceptors (Lipinski definition) is 5. The summed E-state index contributed by atoms with van der Waals surface area (Å²) in [5, 5.41) is 3.36. The van der Waals surface area contributed by atoms with Crippen LogP contribution in [0.2, 0.25) is 0 Å². The first-order valence-corrected chi connectivity index (χ1v) is 10.7. The monoisotopic (exact) mass is 430 g/mol. The van der Waals surface area contributed by atoms with Gasteiger partial charge in [-0.15, -0.1) is 0 Å². The van der Waals surface area contributed by atoms with E-state index in [2.05, 4.69) is 21.6 Å². The fourth-order valence-electron chi connectivity index (χ4n) is 2.89. The van der Waals surface area contributed by atoms with Gasteiger partial charge in [-0.3, -0.25) is 4.79 Å². The van der Waals surface area contributed by atoms with E-state index in [0.29, 0.717) is 18.8 Å². The van der Waals surface area contributed by atoms with Crippen LogP contribution in [0, 0.1) is 11.6 Å². The van der Waals surface area contributed by atoms with Gasteiger partial charge in [0.25, 0.3) is 0 Å². The number of anilines is 2. The highest BCUT2D eigenvalue weighted by Gasteiger charge is 2.15. The largest absolute Gasteiger partial charge is 0.346 e. The minimum atomic E-state index is -0.455. The SMILES string of the molecule is CCCCN(CCC(=O)Nc1ccccc1F)c1nc(Cc2ccc(F)cc2)ns1. The molecule has 1 amide bonds. The van der Waals surface area contributed by atoms with E-state index in [1.165, 1.54) is 35.8 Å². The van der Waals surface area contributed by atoms with E-state index in [4.69, 9.17) is 0 Å². The molecular formula is C22H24F2N4OS. The predicted molar refractivity (Wildman–Crippen MR) is 116 cm³/mol. The molecule has 0 aliphatic carbocycles. The highest BCUT2D eigenvalue weighted by atomic mass is 32.1. The van der Waals surface area contributed by atoms with E-state index < -0.39 is 5.82 Å². The van der Waals surface area contributed by atoms with Crippen LogP contribution in [0.15, 0.2) is 48.5 Å². The second-order valence-electron chi connectivity index (χ2n) is 6.92. The second kappa shape index (κ2) is 10.8. The van der Waals surface area contributed by atoms with Crippen LogP contribution in [0.4, 0.5) is 19.6 Å². The Balaban J connectivity index is 1.61. The van der Waals surface area contributed by atoms with E-state index in [1.807, 2.05) is 4.90 Å². The fraction of sp³-hybridized carbons (Fsp3) is 0.318. The van der Waals surface area contributed by atoms with Crippen LogP contribution >= 0.6 is 11.5 Å². The van der Waals surface area contributed by atoms with E-state index >= 15 is 0 Å². The second-order valence-corrected chi connectivity index (χ2v) is 7.65. The average Bonchev–Trinajstić information content (AvgIpc) is 3.20. The average molecular weight is 431 g/mol. The standard InChI is InChI=1S/C22H24F2N4OS/c1-2-3-13-28(14-12-21(29)25-19-7-5-4-6-18(19)24)22-26-20(27-30-22)15-16-8-10-17(23)11-9-16/h4-11H,2-3,12-15H2,1H3,(H,25,29). The number of benzene rings is 2. The predicted octanol–water partition coefficient (Wildman–Crippen LogP) is 5.04. The van der Waals surface area contributed by atoms with Gasteiger partial charge in [0, 0.05) is 37.5 Å². The highest BCUT2D eigenvalue weighted by molar-refractivity contribution is 7.09. The molecule has 0 radical (unpaired) electrons. The molecule has 0 saturated carbocycles. The van der Waals surface area contributed by atoms with Crippen molar-refractivity contribution in [1.82, 2.24) is 9.36 Å². The molecule has 3 aromatic rings. The van der Waals surface area contributed by atoms with E-state index in [0.717, 1.165) is 30.1 Å². The zero-order valence-electron chi connectivity index (χ0n) is 16.8. The summed E-state index contributed by atoms with van der Waals surface area (Å²) in [7, 11) is 0. The molecule has 8 heteroatoms. The van der Waals surface area contributed by atoms with Gasteiger partial charge in [-0.05, 0) is 36.2 Å². The molecule has 5 nitrogen and oxygen atoms in total. The zero-order valence-corrected chi connectivity index (χ0v) is 17.6. The summed E-state index contributed by atoms with van der Waals surface area (Å²) in [6.07, 6.45) is 2.71. The van der Waals surface area contributed by atoms with Gasteiger partial charge in [0.15, 0.2) is 0 Å². The minimum absolute atomic E-state index is 0.181. The fourth-order valence-corrected chi connectivity index (χ4v) is 3.63. The molecule has 1 heterocycles. The summed E-state index contributed by atoms with van der Waals surface area (Å²) >= 11 is 1.29. The van der Waals surface area contributed by atoms with Gasteiger partial charge >= 0.3 is 0 Å². The number of aromatic nitrogens is 2. The summed E-state index contributed by atoms with van der Waals surface area (Å²) in [5.41, 5.74) is 1.12. The summed E-state index contributed by atoms with van der Waals surface area (Å²) in [6, 6.07) is 12.4. The Morgan fingerprint density at radius 2 is 1.87 bits per heavy atom. The highest BCUT2D eigenvalue weighted by Crippen LogP contribution is 2.20. The summed E-state index contributed by atoms with van der Waals surface area (Å²) in [4.78, 5) is 18.9. The lowest BCUT2D eigenvalue weighted by molar-refractivity contribution is -0.116. The lowest BCUT2D eigenvalue weighted by Gasteiger charge is -2.20. The molecule has 2 aromatic carbocycles. The number of carbonyl (C=O) groups excluding carboxylic acids is 1. The number of halogens is 2. The molecule has 0 bridgehead atoms. The third kappa shape index (κ3) is 6.32. The van der Waals surface area contributed by atoms with E-state index in [9.17, 15) is 13.6 Å². The molecule has 3 rings (SSSR count). The molecule has 30 heavy (non-hydrogen) atoms. The minimum Gasteiger partial charge on any atom is -0.346 e. The van der Waals surface area contributed by atoms with E-state index in [1.54, 1.807) is 24.3 Å². The van der Waals surface area contributed by atoms with Crippen molar-refractivity contribution in [1.29, 1.82) is 0 Å². The van der Waals surface area contributed by atoms with Crippen molar-refractivity contribution in [2.45, 2.75) is 32.6 Å². The Labute approximate surface area is 178 Å². The van der Waals surface area contributed by atoms with Gasteiger partial charge < -0.3 is 10.2 Å². The first-order valence-electron chi connectivity index (χ1n) is 9.91. The molecule has 0 aliphatic heterocycles. The molecule has 0 aliphatic rings. The van der Waals surface area contributed by atoms with Crippen LogP contribution in [0.5, 0.6) is 0 Å². The maximum Gasteiger partial charge on any atom is 0.226 e. The lowest BCUT2D eigenvalue weighted by atomic mass is 10.1. The first kappa shape index (κ1) is 21.8. The maximum atomic E-state index is 13.7. The topological polar surface area (TPSA) is 58.1 Å². The number of rotatable bonds is 10. The summed E-state index contributed by atoms with van der Waals surface area (Å²) in [5.74, 6) is -0.315. The Kier molecular flexibility index (Phi) is 7.84. The van der Waals surface area contributed by atoms with E-state index in [-0.39, 0.29) is 23.8 Å². The van der Waals surface area contributed by atoms with Crippen molar-refractivity contribution in [3.05, 3.63) is 71.6 Å². The van der Waals surface area contributed by atoms with Crippen molar-refractivity contribution in [2.24, 2.45) is 0 Å². The van der Waals surface area contributed by atoms with Crippen LogP contribution in [0.1, 0.15) is 37.6 Å². The van der Waals surface area contributed by atoms with Crippen molar-refractivity contribution in [2.75, 3.05) is 23.3 Å². The Bertz CT molecular complexity index is 962. The van der Waals surface area contributed by atoms with Crippen LogP contribution in [0.3, 0.4) is 0 Å². The van der Waals surface area contributed by atoms with Gasteiger partial charge in [-0.25, -0.2) is 13.8 Å². The third-order valence-electron chi connectivity index (χ3n) is 4.54. The van der Waals surface area contributed by atoms with Crippen molar-refractivity contribution in [3.63, 3.8) is 0 Å². The van der Waals surface area contributed by atoms with Crippen LogP contribution in [0.25, 0.3) is 0 Å².